The molecule has 0 atom stereocenters. The summed E-state index contributed by atoms with van der Waals surface area (Å²) in [5.74, 6) is 0. The first-order valence-electron chi connectivity index (χ1n) is 4.27. The molecule has 0 aromatic heterocycles. The van der Waals surface area contributed by atoms with Crippen molar-refractivity contribution in [3.8, 4) is 0 Å². The third-order valence-electron chi connectivity index (χ3n) is 2.36. The smallest absolute Gasteiger partial charge is 0.0436 e. The average molecular weight is 177 g/mol. The summed E-state index contributed by atoms with van der Waals surface area (Å²) in [6.07, 6.45) is 1.64. The van der Waals surface area contributed by atoms with Gasteiger partial charge in [-0.3, -0.25) is 0 Å². The van der Waals surface area contributed by atoms with Gasteiger partial charge in [-0.05, 0) is 31.2 Å². The monoisotopic (exact) mass is 177 g/mol. The van der Waals surface area contributed by atoms with Gasteiger partial charge >= 0.3 is 0 Å². The highest BCUT2D eigenvalue weighted by atomic mass is 16.3. The number of aliphatic hydroxyl groups is 3. The summed E-state index contributed by atoms with van der Waals surface area (Å²) >= 11 is 0. The Kier molecular flexibility index (Phi) is 6.28. The van der Waals surface area contributed by atoms with Crippen molar-refractivity contribution in [2.24, 2.45) is 11.1 Å². The molecule has 0 rings (SSSR count). The predicted octanol–water partition coefficient (Wildman–Crippen LogP) is -0.921. The summed E-state index contributed by atoms with van der Waals surface area (Å²) in [6, 6.07) is 0. The molecule has 0 bridgehead atoms. The van der Waals surface area contributed by atoms with Gasteiger partial charge < -0.3 is 21.1 Å². The Morgan fingerprint density at radius 2 is 1.17 bits per heavy atom. The molecule has 0 amide bonds. The van der Waals surface area contributed by atoms with E-state index in [4.69, 9.17) is 21.1 Å². The maximum Gasteiger partial charge on any atom is 0.0436 e. The third-order valence-corrected chi connectivity index (χ3v) is 2.36. The molecule has 0 aromatic rings. The Morgan fingerprint density at radius 1 is 0.833 bits per heavy atom. The molecular weight excluding hydrogens is 158 g/mol. The lowest BCUT2D eigenvalue weighted by molar-refractivity contribution is 0.106. The zero-order chi connectivity index (χ0) is 9.45. The van der Waals surface area contributed by atoms with Gasteiger partial charge in [0, 0.05) is 19.8 Å². The Balaban J connectivity index is 4.06. The topological polar surface area (TPSA) is 86.7 Å². The highest BCUT2D eigenvalue weighted by molar-refractivity contribution is 4.79. The molecule has 5 N–H and O–H groups in total. The van der Waals surface area contributed by atoms with Crippen LogP contribution >= 0.6 is 0 Å². The minimum atomic E-state index is -0.280. The van der Waals surface area contributed by atoms with Crippen molar-refractivity contribution >= 4 is 0 Å². The van der Waals surface area contributed by atoms with Crippen LogP contribution in [0.2, 0.25) is 0 Å². The van der Waals surface area contributed by atoms with E-state index in [0.29, 0.717) is 25.8 Å². The van der Waals surface area contributed by atoms with E-state index in [0.717, 1.165) is 0 Å². The molecular formula is C8H19NO3. The lowest BCUT2D eigenvalue weighted by atomic mass is 9.79. The van der Waals surface area contributed by atoms with Crippen molar-refractivity contribution in [2.45, 2.75) is 19.3 Å². The highest BCUT2D eigenvalue weighted by Gasteiger charge is 2.26. The zero-order valence-electron chi connectivity index (χ0n) is 7.37. The summed E-state index contributed by atoms with van der Waals surface area (Å²) in [4.78, 5) is 0. The molecule has 0 saturated heterocycles. The zero-order valence-corrected chi connectivity index (χ0v) is 7.37. The van der Waals surface area contributed by atoms with Crippen LogP contribution in [0.3, 0.4) is 0 Å². The Hall–Kier alpha value is -0.160. The first-order valence-corrected chi connectivity index (χ1v) is 4.27. The molecule has 0 aliphatic heterocycles. The van der Waals surface area contributed by atoms with Gasteiger partial charge in [-0.1, -0.05) is 0 Å². The highest BCUT2D eigenvalue weighted by Crippen LogP contribution is 2.28. The van der Waals surface area contributed by atoms with Crippen molar-refractivity contribution in [3.05, 3.63) is 0 Å². The normalized spacial score (nSPS) is 12.0. The van der Waals surface area contributed by atoms with Crippen molar-refractivity contribution in [1.29, 1.82) is 0 Å². The fourth-order valence-electron chi connectivity index (χ4n) is 1.39. The first-order chi connectivity index (χ1) is 5.74. The first kappa shape index (κ1) is 11.8. The van der Waals surface area contributed by atoms with E-state index in [1.165, 1.54) is 0 Å². The summed E-state index contributed by atoms with van der Waals surface area (Å²) in [5.41, 5.74) is 5.25. The quantitative estimate of drug-likeness (QED) is 0.405. The molecule has 74 valence electrons. The molecule has 0 aliphatic rings. The molecule has 12 heavy (non-hydrogen) atoms. The number of hydrogen-bond donors (Lipinski definition) is 4. The molecule has 4 heteroatoms. The number of hydrogen-bond acceptors (Lipinski definition) is 4. The third kappa shape index (κ3) is 3.49. The van der Waals surface area contributed by atoms with Gasteiger partial charge in [0.1, 0.15) is 0 Å². The molecule has 4 nitrogen and oxygen atoms in total. The van der Waals surface area contributed by atoms with Gasteiger partial charge in [-0.25, -0.2) is 0 Å². The number of aliphatic hydroxyl groups excluding tert-OH is 3. The summed E-state index contributed by atoms with van der Waals surface area (Å²) in [5, 5.41) is 26.3. The molecule has 0 unspecified atom stereocenters. The second-order valence-corrected chi connectivity index (χ2v) is 3.12. The van der Waals surface area contributed by atoms with Gasteiger partial charge in [0.15, 0.2) is 0 Å². The maximum absolute atomic E-state index is 8.77. The lowest BCUT2D eigenvalue weighted by Crippen LogP contribution is -2.33. The lowest BCUT2D eigenvalue weighted by Gasteiger charge is -2.30. The van der Waals surface area contributed by atoms with E-state index in [2.05, 4.69) is 0 Å². The van der Waals surface area contributed by atoms with Crippen LogP contribution in [-0.4, -0.2) is 41.7 Å². The fraction of sp³-hybridized carbons (Fsp3) is 1.00. The van der Waals surface area contributed by atoms with E-state index in [9.17, 15) is 0 Å². The minimum Gasteiger partial charge on any atom is -0.396 e. The van der Waals surface area contributed by atoms with Gasteiger partial charge in [-0.2, -0.15) is 0 Å². The molecule has 0 spiro atoms. The van der Waals surface area contributed by atoms with Crippen molar-refractivity contribution in [1.82, 2.24) is 0 Å². The maximum atomic E-state index is 8.77. The summed E-state index contributed by atoms with van der Waals surface area (Å²) < 4.78 is 0. The second-order valence-electron chi connectivity index (χ2n) is 3.12. The van der Waals surface area contributed by atoms with Gasteiger partial charge in [-0.15, -0.1) is 0 Å². The van der Waals surface area contributed by atoms with Crippen LogP contribution < -0.4 is 5.73 Å². The predicted molar refractivity (Wildman–Crippen MR) is 46.6 cm³/mol. The van der Waals surface area contributed by atoms with Crippen LogP contribution in [0.1, 0.15) is 19.3 Å². The van der Waals surface area contributed by atoms with Crippen LogP contribution in [0, 0.1) is 5.41 Å². The van der Waals surface area contributed by atoms with E-state index in [1.54, 1.807) is 0 Å². The SMILES string of the molecule is NCC(CCO)(CCO)CCO. The molecule has 0 heterocycles. The number of rotatable bonds is 7. The minimum absolute atomic E-state index is 0.0528. The Labute approximate surface area is 73.0 Å². The van der Waals surface area contributed by atoms with E-state index < -0.39 is 0 Å². The van der Waals surface area contributed by atoms with E-state index >= 15 is 0 Å². The molecule has 0 saturated carbocycles. The summed E-state index contributed by atoms with van der Waals surface area (Å²) in [6.45, 7) is 0.556. The fourth-order valence-corrected chi connectivity index (χ4v) is 1.39. The Morgan fingerprint density at radius 3 is 1.33 bits per heavy atom. The summed E-state index contributed by atoms with van der Waals surface area (Å²) in [7, 11) is 0. The average Bonchev–Trinajstić information content (AvgIpc) is 2.06. The molecule has 0 aliphatic carbocycles. The van der Waals surface area contributed by atoms with Crippen LogP contribution in [0.15, 0.2) is 0 Å². The van der Waals surface area contributed by atoms with Gasteiger partial charge in [0.05, 0.1) is 0 Å². The van der Waals surface area contributed by atoms with E-state index in [1.807, 2.05) is 0 Å². The Bertz CT molecular complexity index is 91.5. The largest absolute Gasteiger partial charge is 0.396 e. The van der Waals surface area contributed by atoms with E-state index in [-0.39, 0.29) is 25.2 Å². The van der Waals surface area contributed by atoms with Gasteiger partial charge in [0.25, 0.3) is 0 Å². The van der Waals surface area contributed by atoms with Crippen LogP contribution in [0.5, 0.6) is 0 Å². The number of nitrogens with two attached hydrogens (primary N) is 1. The van der Waals surface area contributed by atoms with Gasteiger partial charge in [0.2, 0.25) is 0 Å². The van der Waals surface area contributed by atoms with Crippen molar-refractivity contribution in [2.75, 3.05) is 26.4 Å². The van der Waals surface area contributed by atoms with Crippen molar-refractivity contribution < 1.29 is 15.3 Å². The molecule has 0 radical (unpaired) electrons. The van der Waals surface area contributed by atoms with Crippen LogP contribution in [0.25, 0.3) is 0 Å². The molecule has 0 aromatic carbocycles. The van der Waals surface area contributed by atoms with Crippen molar-refractivity contribution in [3.63, 3.8) is 0 Å². The van der Waals surface area contributed by atoms with Crippen LogP contribution in [0.4, 0.5) is 0 Å². The standard InChI is InChI=1S/C8H19NO3/c9-7-8(1-4-10,2-5-11)3-6-12/h10-12H,1-7,9H2. The van der Waals surface area contributed by atoms with Crippen LogP contribution in [-0.2, 0) is 0 Å². The molecule has 0 fully saturated rings. The second kappa shape index (κ2) is 6.37.